The smallest absolute Gasteiger partial charge is 0.355 e. The average molecular weight is 967 g/mol. The number of cyclic esters (lactones) is 1. The van der Waals surface area contributed by atoms with Crippen molar-refractivity contribution in [2.24, 2.45) is 17.4 Å². The molecule has 2 aromatic heterocycles. The van der Waals surface area contributed by atoms with Crippen LogP contribution < -0.4 is 33.0 Å². The van der Waals surface area contributed by atoms with Gasteiger partial charge in [-0.25, -0.2) is 23.4 Å². The summed E-state index contributed by atoms with van der Waals surface area (Å²) >= 11 is 3.54. The molecule has 65 heavy (non-hydrogen) atoms. The fourth-order valence-corrected chi connectivity index (χ4v) is 8.04. The molecule has 0 saturated heterocycles. The number of halogens is 3. The monoisotopic (exact) mass is 965 g/mol. The van der Waals surface area contributed by atoms with Crippen LogP contribution in [-0.2, 0) is 63.5 Å². The van der Waals surface area contributed by atoms with Crippen molar-refractivity contribution in [2.45, 2.75) is 109 Å². The zero-order valence-corrected chi connectivity index (χ0v) is 37.6. The SMILES string of the molecule is CC[C@@]1(OC(=O)CCC(F)(F)CCC(=O)OCc2ccc(NC(=O)[C@H](CCCNC(N)=O)NC(=O)[C@@H](N)C(C)C)cc2)C(=O)OCc2c1cc1n(c2=O)Cc2cc3c(Br)cccc3nc2-1. The standard InChI is InChI=1S/C45H50BrF2N7O10/c1-4-45(30-20-34-38-26(19-28-31(46)7-5-8-32(28)53-38)21-55(34)41(60)29(30)23-64-42(45)61)65-36(57)15-17-44(47,48)16-14-35(56)63-22-25-10-12-27(13-11-25)52-39(58)33(9-6-18-51-43(50)62)54-40(59)37(49)24(2)3/h5,7-8,10-13,19-20,24,33,37H,4,6,9,14-18,21-23,49H2,1-3H3,(H,52,58)(H,54,59)(H3,50,51,62)/t33-,37-,45-/m0/s1. The van der Waals surface area contributed by atoms with Crippen molar-refractivity contribution in [3.63, 3.8) is 0 Å². The molecule has 2 aliphatic rings. The van der Waals surface area contributed by atoms with E-state index in [4.69, 9.17) is 30.7 Å². The van der Waals surface area contributed by atoms with Gasteiger partial charge in [-0.1, -0.05) is 54.9 Å². The number of primary amides is 1. The summed E-state index contributed by atoms with van der Waals surface area (Å²) in [6, 6.07) is 12.6. The van der Waals surface area contributed by atoms with Gasteiger partial charge >= 0.3 is 23.9 Å². The van der Waals surface area contributed by atoms with Crippen molar-refractivity contribution in [3.8, 4) is 11.4 Å². The molecule has 0 fully saturated rings. The fraction of sp³-hybridized carbons (Fsp3) is 0.422. The molecule has 346 valence electrons. The largest absolute Gasteiger partial charge is 0.461 e. The minimum Gasteiger partial charge on any atom is -0.461 e. The molecule has 0 radical (unpaired) electrons. The Hall–Kier alpha value is -6.28. The highest BCUT2D eigenvalue weighted by atomic mass is 79.9. The first-order valence-corrected chi connectivity index (χ1v) is 21.9. The Bertz CT molecular complexity index is 2570. The summed E-state index contributed by atoms with van der Waals surface area (Å²) in [7, 11) is 0. The number of nitrogens with two attached hydrogens (primary N) is 2. The fourth-order valence-electron chi connectivity index (χ4n) is 7.57. The van der Waals surface area contributed by atoms with E-state index < -0.39 is 90.6 Å². The first-order chi connectivity index (χ1) is 30.8. The van der Waals surface area contributed by atoms with Crippen LogP contribution in [0.2, 0.25) is 0 Å². The Labute approximate surface area is 380 Å². The van der Waals surface area contributed by atoms with Gasteiger partial charge in [0.1, 0.15) is 19.3 Å². The molecule has 20 heteroatoms. The van der Waals surface area contributed by atoms with Crippen LogP contribution in [-0.4, -0.2) is 69.9 Å². The molecule has 0 bridgehead atoms. The number of aromatic nitrogens is 2. The van der Waals surface area contributed by atoms with Crippen LogP contribution in [0.3, 0.4) is 0 Å². The number of carbonyl (C=O) groups excluding carboxylic acids is 6. The van der Waals surface area contributed by atoms with E-state index in [1.54, 1.807) is 39.0 Å². The third kappa shape index (κ3) is 11.2. The molecule has 0 spiro atoms. The molecule has 0 saturated carbocycles. The third-order valence-corrected chi connectivity index (χ3v) is 12.1. The number of rotatable bonds is 19. The number of nitrogens with one attached hydrogen (secondary N) is 3. The van der Waals surface area contributed by atoms with Crippen LogP contribution in [0, 0.1) is 5.92 Å². The number of ether oxygens (including phenoxy) is 3. The first-order valence-electron chi connectivity index (χ1n) is 21.1. The summed E-state index contributed by atoms with van der Waals surface area (Å²) in [5.41, 5.74) is 12.0. The lowest BCUT2D eigenvalue weighted by Gasteiger charge is -2.35. The van der Waals surface area contributed by atoms with Gasteiger partial charge in [0.25, 0.3) is 5.56 Å². The lowest BCUT2D eigenvalue weighted by molar-refractivity contribution is -0.190. The summed E-state index contributed by atoms with van der Waals surface area (Å²) in [4.78, 5) is 94.5. The van der Waals surface area contributed by atoms with Crippen molar-refractivity contribution in [2.75, 3.05) is 11.9 Å². The lowest BCUT2D eigenvalue weighted by Crippen LogP contribution is -2.51. The molecule has 4 heterocycles. The minimum absolute atomic E-state index is 0.107. The average Bonchev–Trinajstić information content (AvgIpc) is 3.63. The van der Waals surface area contributed by atoms with Gasteiger partial charge in [-0.2, -0.15) is 0 Å². The number of anilines is 1. The topological polar surface area (TPSA) is 253 Å². The van der Waals surface area contributed by atoms with Crippen molar-refractivity contribution in [1.82, 2.24) is 20.2 Å². The third-order valence-electron chi connectivity index (χ3n) is 11.4. The zero-order valence-electron chi connectivity index (χ0n) is 36.0. The van der Waals surface area contributed by atoms with Gasteiger partial charge < -0.3 is 46.2 Å². The Morgan fingerprint density at radius 1 is 1.02 bits per heavy atom. The van der Waals surface area contributed by atoms with E-state index in [1.807, 2.05) is 24.3 Å². The Morgan fingerprint density at radius 3 is 2.40 bits per heavy atom. The van der Waals surface area contributed by atoms with Crippen molar-refractivity contribution < 1.29 is 51.8 Å². The van der Waals surface area contributed by atoms with Crippen molar-refractivity contribution >= 4 is 68.3 Å². The van der Waals surface area contributed by atoms with Crippen LogP contribution in [0.15, 0.2) is 63.9 Å². The Kier molecular flexibility index (Phi) is 15.0. The highest BCUT2D eigenvalue weighted by Gasteiger charge is 2.50. The highest BCUT2D eigenvalue weighted by Crippen LogP contribution is 2.42. The number of amides is 4. The second-order valence-electron chi connectivity index (χ2n) is 16.3. The molecule has 0 unspecified atom stereocenters. The normalized spacial score (nSPS) is 16.1. The number of esters is 3. The molecule has 2 aromatic carbocycles. The minimum atomic E-state index is -3.50. The predicted molar refractivity (Wildman–Crippen MR) is 236 cm³/mol. The summed E-state index contributed by atoms with van der Waals surface area (Å²) in [5.74, 6) is -7.72. The van der Waals surface area contributed by atoms with Gasteiger partial charge in [0.15, 0.2) is 0 Å². The van der Waals surface area contributed by atoms with Crippen LogP contribution >= 0.6 is 15.9 Å². The maximum atomic E-state index is 15.1. The molecular weight excluding hydrogens is 916 g/mol. The van der Waals surface area contributed by atoms with Crippen molar-refractivity contribution in [1.29, 1.82) is 0 Å². The number of hydrogen-bond acceptors (Lipinski definition) is 12. The molecule has 7 N–H and O–H groups in total. The number of alkyl halides is 2. The first kappa shape index (κ1) is 48.2. The second-order valence-corrected chi connectivity index (χ2v) is 17.2. The number of hydrogen-bond donors (Lipinski definition) is 5. The maximum Gasteiger partial charge on any atom is 0.355 e. The predicted octanol–water partition coefficient (Wildman–Crippen LogP) is 5.19. The van der Waals surface area contributed by atoms with Gasteiger partial charge in [0, 0.05) is 46.1 Å². The number of urea groups is 1. The van der Waals surface area contributed by atoms with Crippen LogP contribution in [0.1, 0.15) is 88.0 Å². The highest BCUT2D eigenvalue weighted by molar-refractivity contribution is 9.10. The zero-order chi connectivity index (χ0) is 47.2. The van der Waals surface area contributed by atoms with Gasteiger partial charge in [-0.05, 0) is 67.1 Å². The number of pyridine rings is 2. The van der Waals surface area contributed by atoms with Crippen LogP contribution in [0.4, 0.5) is 19.3 Å². The summed E-state index contributed by atoms with van der Waals surface area (Å²) < 4.78 is 48.7. The molecule has 2 aliphatic heterocycles. The molecular formula is C45H50BrF2N7O10. The summed E-state index contributed by atoms with van der Waals surface area (Å²) in [6.07, 6.45) is -3.07. The number of nitrogens with zero attached hydrogens (tertiary/aromatic N) is 2. The van der Waals surface area contributed by atoms with Crippen molar-refractivity contribution in [3.05, 3.63) is 91.7 Å². The molecule has 6 rings (SSSR count). The number of benzene rings is 2. The second kappa shape index (κ2) is 20.3. The molecule has 0 aliphatic carbocycles. The van der Waals surface area contributed by atoms with E-state index in [0.29, 0.717) is 34.6 Å². The van der Waals surface area contributed by atoms with E-state index in [2.05, 4.69) is 31.9 Å². The Balaban J connectivity index is 1.01. The molecule has 17 nitrogen and oxygen atoms in total. The van der Waals surface area contributed by atoms with Gasteiger partial charge in [-0.3, -0.25) is 24.0 Å². The van der Waals surface area contributed by atoms with Gasteiger partial charge in [0.05, 0.1) is 47.9 Å². The van der Waals surface area contributed by atoms with Gasteiger partial charge in [0.2, 0.25) is 23.3 Å². The molecule has 4 amide bonds. The van der Waals surface area contributed by atoms with Crippen LogP contribution in [0.25, 0.3) is 22.3 Å². The molecule has 3 atom stereocenters. The van der Waals surface area contributed by atoms with E-state index in [1.165, 1.54) is 16.7 Å². The van der Waals surface area contributed by atoms with E-state index in [0.717, 1.165) is 15.4 Å². The summed E-state index contributed by atoms with van der Waals surface area (Å²) in [5, 5.41) is 8.62. The lowest BCUT2D eigenvalue weighted by atomic mass is 9.85. The van der Waals surface area contributed by atoms with E-state index in [-0.39, 0.29) is 56.2 Å². The quantitative estimate of drug-likeness (QED) is 0.0408. The maximum absolute atomic E-state index is 15.1. The molecule has 4 aromatic rings. The summed E-state index contributed by atoms with van der Waals surface area (Å²) in [6.45, 7) is 4.86. The number of fused-ring (bicyclic) bond motifs is 5. The van der Waals surface area contributed by atoms with E-state index >= 15 is 8.78 Å². The number of carbonyl (C=O) groups is 6. The van der Waals surface area contributed by atoms with Gasteiger partial charge in [-0.15, -0.1) is 0 Å². The van der Waals surface area contributed by atoms with E-state index in [9.17, 15) is 33.6 Å². The van der Waals surface area contributed by atoms with Crippen LogP contribution in [0.5, 0.6) is 0 Å². The Morgan fingerprint density at radius 2 is 1.72 bits per heavy atom.